The van der Waals surface area contributed by atoms with E-state index in [9.17, 15) is 4.39 Å². The molecule has 1 aliphatic rings. The van der Waals surface area contributed by atoms with Gasteiger partial charge in [0.05, 0.1) is 0 Å². The SMILES string of the molecule is CC1(F)CCC[C@@H](N=[N+]=[N-])C1. The van der Waals surface area contributed by atoms with Crippen LogP contribution in [0, 0.1) is 0 Å². The van der Waals surface area contributed by atoms with Crippen molar-refractivity contribution in [2.75, 3.05) is 0 Å². The van der Waals surface area contributed by atoms with Crippen LogP contribution in [0.3, 0.4) is 0 Å². The molecule has 2 atom stereocenters. The Morgan fingerprint density at radius 2 is 2.45 bits per heavy atom. The van der Waals surface area contributed by atoms with Crippen LogP contribution in [0.25, 0.3) is 10.4 Å². The molecule has 1 unspecified atom stereocenters. The minimum absolute atomic E-state index is 0.122. The number of azide groups is 1. The van der Waals surface area contributed by atoms with Gasteiger partial charge in [-0.3, -0.25) is 0 Å². The average Bonchev–Trinajstić information content (AvgIpc) is 1.85. The summed E-state index contributed by atoms with van der Waals surface area (Å²) < 4.78 is 13.3. The molecule has 4 heteroatoms. The van der Waals surface area contributed by atoms with Gasteiger partial charge in [-0.25, -0.2) is 4.39 Å². The highest BCUT2D eigenvalue weighted by molar-refractivity contribution is 4.86. The summed E-state index contributed by atoms with van der Waals surface area (Å²) >= 11 is 0. The standard InChI is InChI=1S/C7H12FN3/c1-7(8)4-2-3-6(5-7)10-11-9/h6H,2-5H2,1H3/t6-,7?/m1/s1. The van der Waals surface area contributed by atoms with Crippen molar-refractivity contribution in [1.82, 2.24) is 0 Å². The molecule has 0 amide bonds. The van der Waals surface area contributed by atoms with Crippen molar-refractivity contribution in [1.29, 1.82) is 0 Å². The molecular formula is C7H12FN3. The number of hydrogen-bond acceptors (Lipinski definition) is 1. The lowest BCUT2D eigenvalue weighted by atomic mass is 9.85. The Kier molecular flexibility index (Phi) is 2.35. The lowest BCUT2D eigenvalue weighted by Gasteiger charge is -2.29. The van der Waals surface area contributed by atoms with E-state index in [4.69, 9.17) is 5.53 Å². The molecule has 0 saturated heterocycles. The summed E-state index contributed by atoms with van der Waals surface area (Å²) in [5, 5.41) is 3.52. The van der Waals surface area contributed by atoms with Gasteiger partial charge in [-0.15, -0.1) is 0 Å². The van der Waals surface area contributed by atoms with Gasteiger partial charge in [0.1, 0.15) is 5.67 Å². The van der Waals surface area contributed by atoms with Crippen LogP contribution in [-0.2, 0) is 0 Å². The smallest absolute Gasteiger partial charge is 0.108 e. The molecular weight excluding hydrogens is 145 g/mol. The highest BCUT2D eigenvalue weighted by atomic mass is 19.1. The average molecular weight is 157 g/mol. The predicted octanol–water partition coefficient (Wildman–Crippen LogP) is 2.97. The van der Waals surface area contributed by atoms with Crippen molar-refractivity contribution >= 4 is 0 Å². The van der Waals surface area contributed by atoms with E-state index in [0.29, 0.717) is 12.8 Å². The first kappa shape index (κ1) is 8.34. The molecule has 0 spiro atoms. The van der Waals surface area contributed by atoms with Crippen molar-refractivity contribution in [2.24, 2.45) is 5.11 Å². The maximum absolute atomic E-state index is 13.3. The molecule has 11 heavy (non-hydrogen) atoms. The molecule has 1 rings (SSSR count). The summed E-state index contributed by atoms with van der Waals surface area (Å²) in [6.07, 6.45) is 2.65. The predicted molar refractivity (Wildman–Crippen MR) is 40.9 cm³/mol. The minimum Gasteiger partial charge on any atom is -0.244 e. The third-order valence-electron chi connectivity index (χ3n) is 2.11. The molecule has 3 nitrogen and oxygen atoms in total. The lowest BCUT2D eigenvalue weighted by Crippen LogP contribution is -2.29. The first-order valence-corrected chi connectivity index (χ1v) is 3.87. The molecule has 62 valence electrons. The zero-order valence-corrected chi connectivity index (χ0v) is 6.63. The van der Waals surface area contributed by atoms with Gasteiger partial charge in [0.2, 0.25) is 0 Å². The maximum atomic E-state index is 13.3. The van der Waals surface area contributed by atoms with Crippen molar-refractivity contribution < 1.29 is 4.39 Å². The second-order valence-corrected chi connectivity index (χ2v) is 3.37. The van der Waals surface area contributed by atoms with Gasteiger partial charge in [0.25, 0.3) is 0 Å². The number of halogens is 1. The zero-order valence-electron chi connectivity index (χ0n) is 6.63. The Balaban J connectivity index is 2.52. The molecule has 0 radical (unpaired) electrons. The fourth-order valence-electron chi connectivity index (χ4n) is 1.57. The third kappa shape index (κ3) is 2.39. The fraction of sp³-hybridized carbons (Fsp3) is 1.00. The Labute approximate surface area is 65.2 Å². The van der Waals surface area contributed by atoms with Gasteiger partial charge >= 0.3 is 0 Å². The molecule has 0 aromatic carbocycles. The van der Waals surface area contributed by atoms with E-state index in [1.165, 1.54) is 0 Å². The van der Waals surface area contributed by atoms with E-state index in [-0.39, 0.29) is 6.04 Å². The number of rotatable bonds is 1. The van der Waals surface area contributed by atoms with Gasteiger partial charge in [0.15, 0.2) is 0 Å². The molecule has 0 bridgehead atoms. The molecule has 0 heterocycles. The van der Waals surface area contributed by atoms with Crippen molar-refractivity contribution in [3.05, 3.63) is 10.4 Å². The van der Waals surface area contributed by atoms with Crippen LogP contribution in [0.4, 0.5) is 4.39 Å². The molecule has 0 aromatic rings. The van der Waals surface area contributed by atoms with Crippen LogP contribution in [0.2, 0.25) is 0 Å². The molecule has 1 aliphatic carbocycles. The number of alkyl halides is 1. The number of nitrogens with zero attached hydrogens (tertiary/aromatic N) is 3. The summed E-state index contributed by atoms with van der Waals surface area (Å²) in [4.78, 5) is 2.68. The molecule has 1 saturated carbocycles. The zero-order chi connectivity index (χ0) is 8.32. The van der Waals surface area contributed by atoms with Crippen molar-refractivity contribution in [3.63, 3.8) is 0 Å². The van der Waals surface area contributed by atoms with Crippen LogP contribution < -0.4 is 0 Å². The highest BCUT2D eigenvalue weighted by Crippen LogP contribution is 2.32. The van der Waals surface area contributed by atoms with Crippen LogP contribution >= 0.6 is 0 Å². The normalized spacial score (nSPS) is 37.8. The largest absolute Gasteiger partial charge is 0.244 e. The van der Waals surface area contributed by atoms with Crippen molar-refractivity contribution in [3.8, 4) is 0 Å². The number of hydrogen-bond donors (Lipinski definition) is 0. The molecule has 0 aliphatic heterocycles. The van der Waals surface area contributed by atoms with Gasteiger partial charge in [0, 0.05) is 11.0 Å². The van der Waals surface area contributed by atoms with E-state index in [1.807, 2.05) is 0 Å². The van der Waals surface area contributed by atoms with Crippen LogP contribution in [-0.4, -0.2) is 11.7 Å². The second kappa shape index (κ2) is 3.09. The Morgan fingerprint density at radius 1 is 1.73 bits per heavy atom. The Hall–Kier alpha value is -0.760. The first-order valence-electron chi connectivity index (χ1n) is 3.87. The monoisotopic (exact) mass is 157 g/mol. The van der Waals surface area contributed by atoms with Gasteiger partial charge in [-0.2, -0.15) is 0 Å². The topological polar surface area (TPSA) is 48.8 Å². The van der Waals surface area contributed by atoms with Crippen LogP contribution in [0.15, 0.2) is 5.11 Å². The Morgan fingerprint density at radius 3 is 3.00 bits per heavy atom. The second-order valence-electron chi connectivity index (χ2n) is 3.37. The van der Waals surface area contributed by atoms with E-state index >= 15 is 0 Å². The first-order chi connectivity index (χ1) is 5.14. The quantitative estimate of drug-likeness (QED) is 0.319. The molecule has 1 fully saturated rings. The van der Waals surface area contributed by atoms with Gasteiger partial charge in [-0.1, -0.05) is 5.11 Å². The summed E-state index contributed by atoms with van der Waals surface area (Å²) in [5.41, 5.74) is 7.01. The van der Waals surface area contributed by atoms with Crippen molar-refractivity contribution in [2.45, 2.75) is 44.3 Å². The van der Waals surface area contributed by atoms with Crippen LogP contribution in [0.5, 0.6) is 0 Å². The minimum atomic E-state index is -1.11. The van der Waals surface area contributed by atoms with Crippen LogP contribution in [0.1, 0.15) is 32.6 Å². The van der Waals surface area contributed by atoms with Gasteiger partial charge in [-0.05, 0) is 38.1 Å². The van der Waals surface area contributed by atoms with E-state index in [1.54, 1.807) is 6.92 Å². The molecule has 0 N–H and O–H groups in total. The third-order valence-corrected chi connectivity index (χ3v) is 2.11. The summed E-state index contributed by atoms with van der Waals surface area (Å²) in [6, 6.07) is -0.122. The fourth-order valence-corrected chi connectivity index (χ4v) is 1.57. The van der Waals surface area contributed by atoms with Gasteiger partial charge < -0.3 is 0 Å². The van der Waals surface area contributed by atoms with E-state index in [2.05, 4.69) is 10.0 Å². The summed E-state index contributed by atoms with van der Waals surface area (Å²) in [5.74, 6) is 0. The highest BCUT2D eigenvalue weighted by Gasteiger charge is 2.30. The van der Waals surface area contributed by atoms with E-state index < -0.39 is 5.67 Å². The Bertz CT molecular complexity index is 184. The maximum Gasteiger partial charge on any atom is 0.108 e. The molecule has 0 aromatic heterocycles. The lowest BCUT2D eigenvalue weighted by molar-refractivity contribution is 0.118. The summed E-state index contributed by atoms with van der Waals surface area (Å²) in [7, 11) is 0. The van der Waals surface area contributed by atoms with E-state index in [0.717, 1.165) is 12.8 Å². The summed E-state index contributed by atoms with van der Waals surface area (Å²) in [6.45, 7) is 1.58.